The molecule has 1 aliphatic heterocycles. The molecule has 3 N–H and O–H groups in total. The molecule has 0 atom stereocenters. The van der Waals surface area contributed by atoms with Crippen molar-refractivity contribution >= 4 is 22.8 Å². The number of ether oxygens (including phenoxy) is 2. The van der Waals surface area contributed by atoms with Gasteiger partial charge in [0.15, 0.2) is 5.65 Å². The number of halogens is 4. The highest BCUT2D eigenvalue weighted by Gasteiger charge is 2.33. The van der Waals surface area contributed by atoms with E-state index in [4.69, 9.17) is 15.5 Å². The van der Waals surface area contributed by atoms with Gasteiger partial charge in [0.05, 0.1) is 17.9 Å². The molecule has 0 bridgehead atoms. The molecule has 1 aromatic carbocycles. The predicted octanol–water partition coefficient (Wildman–Crippen LogP) is 5.27. The fourth-order valence-electron chi connectivity index (χ4n) is 5.59. The second-order valence-electron chi connectivity index (χ2n) is 9.91. The monoisotopic (exact) mass is 535 g/mol. The predicted molar refractivity (Wildman–Crippen MR) is 131 cm³/mol. The Morgan fingerprint density at radius 3 is 2.45 bits per heavy atom. The Labute approximate surface area is 216 Å². The van der Waals surface area contributed by atoms with E-state index in [9.17, 15) is 18.0 Å². The van der Waals surface area contributed by atoms with Crippen LogP contribution in [0.15, 0.2) is 24.4 Å². The number of alkyl halides is 3. The molecule has 1 aliphatic carbocycles. The largest absolute Gasteiger partial charge is 0.573 e. The molecule has 12 heteroatoms. The summed E-state index contributed by atoms with van der Waals surface area (Å²) in [7, 11) is 1.72. The summed E-state index contributed by atoms with van der Waals surface area (Å²) < 4.78 is 61.8. The summed E-state index contributed by atoms with van der Waals surface area (Å²) in [5, 5.41) is 0. The van der Waals surface area contributed by atoms with Crippen LogP contribution in [-0.2, 0) is 4.74 Å². The number of likely N-dealkylation sites (tertiary alicyclic amines) is 1. The van der Waals surface area contributed by atoms with Crippen LogP contribution < -0.4 is 10.5 Å². The van der Waals surface area contributed by atoms with Crippen molar-refractivity contribution in [1.82, 2.24) is 19.9 Å². The summed E-state index contributed by atoms with van der Waals surface area (Å²) in [5.74, 6) is -0.418. The van der Waals surface area contributed by atoms with Gasteiger partial charge in [-0.1, -0.05) is 0 Å². The number of hydrogen-bond acceptors (Lipinski definition) is 6. The van der Waals surface area contributed by atoms with E-state index in [1.165, 1.54) is 12.3 Å². The highest BCUT2D eigenvalue weighted by molar-refractivity contribution is 5.99. The van der Waals surface area contributed by atoms with Crippen LogP contribution in [0.5, 0.6) is 5.75 Å². The van der Waals surface area contributed by atoms with Crippen molar-refractivity contribution in [1.29, 1.82) is 0 Å². The maximum Gasteiger partial charge on any atom is 0.573 e. The number of benzene rings is 1. The SMILES string of the molecule is CO[C@H]1CC[C@@H](c2nc3c(C4CCN(C(=O)c5ccc(OC(F)(F)F)cc5N)CC4)c(F)cnc3[nH]2)CC1. The zero-order valence-electron chi connectivity index (χ0n) is 20.9. The summed E-state index contributed by atoms with van der Waals surface area (Å²) in [6.45, 7) is 0.677. The van der Waals surface area contributed by atoms with Crippen LogP contribution >= 0.6 is 0 Å². The number of aromatic amines is 1. The van der Waals surface area contributed by atoms with Gasteiger partial charge >= 0.3 is 6.36 Å². The first-order valence-electron chi connectivity index (χ1n) is 12.6. The molecular weight excluding hydrogens is 506 g/mol. The van der Waals surface area contributed by atoms with Crippen LogP contribution in [0.1, 0.15) is 72.1 Å². The van der Waals surface area contributed by atoms with Crippen molar-refractivity contribution < 1.29 is 31.8 Å². The molecule has 0 radical (unpaired) electrons. The number of nitrogen functional groups attached to an aromatic ring is 1. The van der Waals surface area contributed by atoms with Crippen LogP contribution in [0.4, 0.5) is 23.2 Å². The molecule has 38 heavy (non-hydrogen) atoms. The molecule has 0 spiro atoms. The molecule has 2 aliphatic rings. The van der Waals surface area contributed by atoms with Gasteiger partial charge in [0.2, 0.25) is 0 Å². The lowest BCUT2D eigenvalue weighted by Gasteiger charge is -2.32. The van der Waals surface area contributed by atoms with Crippen LogP contribution in [0.2, 0.25) is 0 Å². The molecule has 1 amide bonds. The second-order valence-corrected chi connectivity index (χ2v) is 9.91. The first-order chi connectivity index (χ1) is 18.1. The molecule has 3 aromatic rings. The van der Waals surface area contributed by atoms with E-state index in [0.717, 1.165) is 43.6 Å². The van der Waals surface area contributed by atoms with Gasteiger partial charge in [-0.15, -0.1) is 13.2 Å². The van der Waals surface area contributed by atoms with E-state index in [-0.39, 0.29) is 29.2 Å². The number of nitrogens with two attached hydrogens (primary N) is 1. The highest BCUT2D eigenvalue weighted by Crippen LogP contribution is 2.37. The summed E-state index contributed by atoms with van der Waals surface area (Å²) in [5.41, 5.74) is 7.43. The summed E-state index contributed by atoms with van der Waals surface area (Å²) in [6, 6.07) is 3.26. The molecule has 0 unspecified atom stereocenters. The number of nitrogens with zero attached hydrogens (tertiary/aromatic N) is 3. The van der Waals surface area contributed by atoms with Crippen molar-refractivity contribution in [2.75, 3.05) is 25.9 Å². The third-order valence-corrected chi connectivity index (χ3v) is 7.59. The molecule has 2 aromatic heterocycles. The second kappa shape index (κ2) is 10.4. The number of imidazole rings is 1. The van der Waals surface area contributed by atoms with Gasteiger partial charge in [0.1, 0.15) is 22.9 Å². The number of carbonyl (C=O) groups is 1. The number of piperidine rings is 1. The number of anilines is 1. The van der Waals surface area contributed by atoms with E-state index in [1.807, 2.05) is 0 Å². The summed E-state index contributed by atoms with van der Waals surface area (Å²) >= 11 is 0. The highest BCUT2D eigenvalue weighted by atomic mass is 19.4. The Bertz CT molecular complexity index is 1310. The molecule has 204 valence electrons. The molecule has 8 nitrogen and oxygen atoms in total. The van der Waals surface area contributed by atoms with Gasteiger partial charge in [-0.3, -0.25) is 4.79 Å². The maximum absolute atomic E-state index is 15.1. The van der Waals surface area contributed by atoms with Gasteiger partial charge in [0.25, 0.3) is 5.91 Å². The smallest absolute Gasteiger partial charge is 0.406 e. The van der Waals surface area contributed by atoms with E-state index in [2.05, 4.69) is 14.7 Å². The van der Waals surface area contributed by atoms with Gasteiger partial charge in [-0.05, 0) is 56.6 Å². The van der Waals surface area contributed by atoms with E-state index in [1.54, 1.807) is 12.0 Å². The number of hydrogen-bond donors (Lipinski definition) is 2. The van der Waals surface area contributed by atoms with Crippen LogP contribution in [0.25, 0.3) is 11.2 Å². The average Bonchev–Trinajstić information content (AvgIpc) is 3.32. The van der Waals surface area contributed by atoms with Crippen molar-refractivity contribution in [3.8, 4) is 5.75 Å². The van der Waals surface area contributed by atoms with Gasteiger partial charge in [0, 0.05) is 43.4 Å². The fraction of sp³-hybridized carbons (Fsp3) is 0.500. The number of H-pyrrole nitrogens is 1. The van der Waals surface area contributed by atoms with E-state index < -0.39 is 23.8 Å². The lowest BCUT2D eigenvalue weighted by Crippen LogP contribution is -2.38. The number of nitrogens with one attached hydrogen (secondary N) is 1. The fourth-order valence-corrected chi connectivity index (χ4v) is 5.59. The third kappa shape index (κ3) is 5.40. The Hall–Kier alpha value is -3.41. The van der Waals surface area contributed by atoms with Gasteiger partial charge in [-0.2, -0.15) is 0 Å². The summed E-state index contributed by atoms with van der Waals surface area (Å²) in [6.07, 6.45) is 1.37. The third-order valence-electron chi connectivity index (χ3n) is 7.59. The zero-order chi connectivity index (χ0) is 27.0. The average molecular weight is 536 g/mol. The normalized spacial score (nSPS) is 21.1. The van der Waals surface area contributed by atoms with E-state index >= 15 is 4.39 Å². The molecule has 2 fully saturated rings. The minimum absolute atomic E-state index is 0.0931. The quantitative estimate of drug-likeness (QED) is 0.341. The van der Waals surface area contributed by atoms with Crippen LogP contribution in [0.3, 0.4) is 0 Å². The lowest BCUT2D eigenvalue weighted by molar-refractivity contribution is -0.274. The number of rotatable bonds is 5. The van der Waals surface area contributed by atoms with Crippen molar-refractivity contribution in [3.63, 3.8) is 0 Å². The van der Waals surface area contributed by atoms with Gasteiger partial charge < -0.3 is 25.1 Å². The number of pyridine rings is 1. The summed E-state index contributed by atoms with van der Waals surface area (Å²) in [4.78, 5) is 26.9. The topological polar surface area (TPSA) is 106 Å². The number of fused-ring (bicyclic) bond motifs is 1. The molecule has 1 saturated carbocycles. The van der Waals surface area contributed by atoms with Gasteiger partial charge in [-0.25, -0.2) is 14.4 Å². The van der Waals surface area contributed by atoms with E-state index in [0.29, 0.717) is 42.7 Å². The standard InChI is InChI=1S/C26H29F4N5O3/c1-37-16-4-2-15(3-5-16)23-33-22-21(19(27)13-32-24(22)34-23)14-8-10-35(11-9-14)25(36)18-7-6-17(12-20(18)31)38-26(28,29)30/h6-7,12-16H,2-5,8-11,31H2,1H3,(H,32,33,34)/t15-,16+. The molecule has 1 saturated heterocycles. The number of aromatic nitrogens is 3. The first kappa shape index (κ1) is 26.2. The Balaban J connectivity index is 1.29. The van der Waals surface area contributed by atoms with Crippen LogP contribution in [-0.4, -0.2) is 58.4 Å². The number of methoxy groups -OCH3 is 1. The van der Waals surface area contributed by atoms with Crippen LogP contribution in [0, 0.1) is 5.82 Å². The zero-order valence-corrected chi connectivity index (χ0v) is 20.9. The minimum Gasteiger partial charge on any atom is -0.406 e. The lowest BCUT2D eigenvalue weighted by atomic mass is 9.87. The van der Waals surface area contributed by atoms with Crippen molar-refractivity contribution in [2.24, 2.45) is 0 Å². The molecule has 5 rings (SSSR count). The number of amides is 1. The molecule has 3 heterocycles. The first-order valence-corrected chi connectivity index (χ1v) is 12.6. The Morgan fingerprint density at radius 1 is 1.11 bits per heavy atom. The van der Waals surface area contributed by atoms with Crippen molar-refractivity contribution in [2.45, 2.75) is 62.8 Å². The Kier molecular flexibility index (Phi) is 7.17. The minimum atomic E-state index is -4.86. The number of carbonyl (C=O) groups excluding carboxylic acids is 1. The maximum atomic E-state index is 15.1. The van der Waals surface area contributed by atoms with Crippen molar-refractivity contribution in [3.05, 3.63) is 47.2 Å². The molecular formula is C26H29F4N5O3. The Morgan fingerprint density at radius 2 is 1.82 bits per heavy atom.